The molecule has 18 heavy (non-hydrogen) atoms. The number of anilines is 1. The van der Waals surface area contributed by atoms with Gasteiger partial charge in [-0.15, -0.1) is 5.10 Å². The maximum Gasteiger partial charge on any atom is 0.261 e. The molecule has 1 aromatic heterocycles. The number of hydrogen-bond acceptors (Lipinski definition) is 3. The monoisotopic (exact) mass is 245 g/mol. The Morgan fingerprint density at radius 3 is 2.56 bits per heavy atom. The summed E-state index contributed by atoms with van der Waals surface area (Å²) in [5, 5.41) is 4.16. The van der Waals surface area contributed by atoms with E-state index in [4.69, 9.17) is 10.5 Å². The van der Waals surface area contributed by atoms with Crippen LogP contribution in [0.15, 0.2) is 24.4 Å². The van der Waals surface area contributed by atoms with Gasteiger partial charge in [-0.05, 0) is 36.1 Å². The second-order valence-corrected chi connectivity index (χ2v) is 4.84. The highest BCUT2D eigenvalue weighted by Gasteiger charge is 2.09. The lowest BCUT2D eigenvalue weighted by atomic mass is 9.98. The van der Waals surface area contributed by atoms with E-state index in [0.717, 1.165) is 5.75 Å². The first-order valence-corrected chi connectivity index (χ1v) is 6.05. The Kier molecular flexibility index (Phi) is 3.28. The van der Waals surface area contributed by atoms with Crippen LogP contribution >= 0.6 is 0 Å². The zero-order chi connectivity index (χ0) is 13.3. The number of rotatable bonds is 3. The molecule has 0 radical (unpaired) electrons. The van der Waals surface area contributed by atoms with Crippen molar-refractivity contribution in [2.75, 3.05) is 5.73 Å². The van der Waals surface area contributed by atoms with E-state index in [0.29, 0.717) is 17.5 Å². The number of benzene rings is 1. The molecule has 0 saturated carbocycles. The van der Waals surface area contributed by atoms with Crippen LogP contribution in [0.4, 0.5) is 5.69 Å². The molecule has 96 valence electrons. The molecule has 0 aliphatic rings. The predicted molar refractivity (Wildman–Crippen MR) is 73.0 cm³/mol. The zero-order valence-electron chi connectivity index (χ0n) is 11.3. The average molecular weight is 245 g/mol. The average Bonchev–Trinajstić information content (AvgIpc) is 2.57. The van der Waals surface area contributed by atoms with Crippen molar-refractivity contribution in [2.24, 2.45) is 7.05 Å². The molecular formula is C14H19N3O. The highest BCUT2D eigenvalue weighted by Crippen LogP contribution is 2.28. The Morgan fingerprint density at radius 1 is 1.33 bits per heavy atom. The third kappa shape index (κ3) is 2.47. The molecule has 0 spiro atoms. The van der Waals surface area contributed by atoms with Crippen molar-refractivity contribution in [1.82, 2.24) is 9.78 Å². The largest absolute Gasteiger partial charge is 0.436 e. The third-order valence-electron chi connectivity index (χ3n) is 2.90. The van der Waals surface area contributed by atoms with Crippen LogP contribution < -0.4 is 10.5 Å². The third-order valence-corrected chi connectivity index (χ3v) is 2.90. The van der Waals surface area contributed by atoms with Crippen LogP contribution in [0.1, 0.15) is 30.9 Å². The van der Waals surface area contributed by atoms with Gasteiger partial charge in [-0.3, -0.25) is 4.68 Å². The van der Waals surface area contributed by atoms with Gasteiger partial charge in [0, 0.05) is 7.05 Å². The number of ether oxygens (including phenoxy) is 1. The first-order valence-electron chi connectivity index (χ1n) is 6.05. The van der Waals surface area contributed by atoms with Crippen molar-refractivity contribution in [3.63, 3.8) is 0 Å². The highest BCUT2D eigenvalue weighted by molar-refractivity contribution is 5.48. The van der Waals surface area contributed by atoms with Gasteiger partial charge in [-0.1, -0.05) is 19.9 Å². The lowest BCUT2D eigenvalue weighted by Crippen LogP contribution is -1.95. The van der Waals surface area contributed by atoms with E-state index < -0.39 is 0 Å². The van der Waals surface area contributed by atoms with Crippen LogP contribution in [0, 0.1) is 6.92 Å². The van der Waals surface area contributed by atoms with Gasteiger partial charge in [0.2, 0.25) is 0 Å². The molecule has 0 bridgehead atoms. The van der Waals surface area contributed by atoms with Crippen LogP contribution in [-0.4, -0.2) is 9.78 Å². The van der Waals surface area contributed by atoms with Crippen LogP contribution in [0.2, 0.25) is 0 Å². The van der Waals surface area contributed by atoms with E-state index in [9.17, 15) is 0 Å². The van der Waals surface area contributed by atoms with Gasteiger partial charge in [0.05, 0.1) is 6.20 Å². The maximum absolute atomic E-state index is 5.80. The van der Waals surface area contributed by atoms with Gasteiger partial charge < -0.3 is 10.5 Å². The number of nitrogen functional groups attached to an aromatic ring is 1. The van der Waals surface area contributed by atoms with E-state index >= 15 is 0 Å². The Bertz CT molecular complexity index is 558. The van der Waals surface area contributed by atoms with Crippen molar-refractivity contribution < 1.29 is 4.74 Å². The number of aryl methyl sites for hydroxylation is 2. The molecule has 0 atom stereocenters. The van der Waals surface area contributed by atoms with E-state index in [-0.39, 0.29) is 0 Å². The Balaban J connectivity index is 2.25. The first kappa shape index (κ1) is 12.5. The summed E-state index contributed by atoms with van der Waals surface area (Å²) in [5.41, 5.74) is 8.89. The normalized spacial score (nSPS) is 10.9. The molecule has 4 heteroatoms. The second-order valence-electron chi connectivity index (χ2n) is 4.84. The van der Waals surface area contributed by atoms with Crippen LogP contribution in [0.25, 0.3) is 0 Å². The van der Waals surface area contributed by atoms with E-state index in [1.807, 2.05) is 19.2 Å². The second kappa shape index (κ2) is 4.72. The van der Waals surface area contributed by atoms with Crippen molar-refractivity contribution in [2.45, 2.75) is 26.7 Å². The Morgan fingerprint density at radius 2 is 2.06 bits per heavy atom. The molecule has 1 heterocycles. The SMILES string of the molecule is Cc1cc(Oc2nn(C)cc2N)ccc1C(C)C. The molecule has 2 N–H and O–H groups in total. The van der Waals surface area contributed by atoms with E-state index in [1.54, 1.807) is 10.9 Å². The van der Waals surface area contributed by atoms with Gasteiger partial charge in [0.25, 0.3) is 5.88 Å². The van der Waals surface area contributed by atoms with Gasteiger partial charge in [0.15, 0.2) is 0 Å². The molecule has 0 saturated heterocycles. The molecule has 0 unspecified atom stereocenters. The zero-order valence-corrected chi connectivity index (χ0v) is 11.3. The van der Waals surface area contributed by atoms with Gasteiger partial charge in [0.1, 0.15) is 11.4 Å². The molecule has 1 aromatic carbocycles. The summed E-state index contributed by atoms with van der Waals surface area (Å²) in [6.45, 7) is 6.45. The Labute approximate surface area is 107 Å². The smallest absolute Gasteiger partial charge is 0.261 e. The quantitative estimate of drug-likeness (QED) is 0.903. The minimum Gasteiger partial charge on any atom is -0.436 e. The highest BCUT2D eigenvalue weighted by atomic mass is 16.5. The van der Waals surface area contributed by atoms with E-state index in [1.165, 1.54) is 11.1 Å². The lowest BCUT2D eigenvalue weighted by molar-refractivity contribution is 0.455. The van der Waals surface area contributed by atoms with Crippen molar-refractivity contribution in [1.29, 1.82) is 0 Å². The van der Waals surface area contributed by atoms with Crippen molar-refractivity contribution >= 4 is 5.69 Å². The summed E-state index contributed by atoms with van der Waals surface area (Å²) in [6, 6.07) is 6.06. The molecule has 0 aliphatic carbocycles. The fourth-order valence-electron chi connectivity index (χ4n) is 2.04. The van der Waals surface area contributed by atoms with Gasteiger partial charge >= 0.3 is 0 Å². The minimum atomic E-state index is 0.453. The molecule has 2 aromatic rings. The molecule has 4 nitrogen and oxygen atoms in total. The molecule has 2 rings (SSSR count). The van der Waals surface area contributed by atoms with Crippen LogP contribution in [0.3, 0.4) is 0 Å². The topological polar surface area (TPSA) is 53.1 Å². The molecule has 0 amide bonds. The standard InChI is InChI=1S/C14H19N3O/c1-9(2)12-6-5-11(7-10(12)3)18-14-13(15)8-17(4)16-14/h5-9H,15H2,1-4H3. The fraction of sp³-hybridized carbons (Fsp3) is 0.357. The van der Waals surface area contributed by atoms with Gasteiger partial charge in [-0.2, -0.15) is 0 Å². The van der Waals surface area contributed by atoms with Crippen molar-refractivity contribution in [3.05, 3.63) is 35.5 Å². The first-order chi connectivity index (χ1) is 8.47. The number of aromatic nitrogens is 2. The minimum absolute atomic E-state index is 0.453. The van der Waals surface area contributed by atoms with Crippen LogP contribution in [0.5, 0.6) is 11.6 Å². The Hall–Kier alpha value is -1.97. The lowest BCUT2D eigenvalue weighted by Gasteiger charge is -2.11. The summed E-state index contributed by atoms with van der Waals surface area (Å²) in [5.74, 6) is 1.73. The summed E-state index contributed by atoms with van der Waals surface area (Å²) in [6.07, 6.45) is 1.73. The molecule has 0 fully saturated rings. The van der Waals surface area contributed by atoms with Crippen LogP contribution in [-0.2, 0) is 7.05 Å². The van der Waals surface area contributed by atoms with Crippen molar-refractivity contribution in [3.8, 4) is 11.6 Å². The van der Waals surface area contributed by atoms with Gasteiger partial charge in [-0.25, -0.2) is 0 Å². The fourth-order valence-corrected chi connectivity index (χ4v) is 2.04. The number of nitrogens with zero attached hydrogens (tertiary/aromatic N) is 2. The van der Waals surface area contributed by atoms with E-state index in [2.05, 4.69) is 31.9 Å². The number of hydrogen-bond donors (Lipinski definition) is 1. The number of nitrogens with two attached hydrogens (primary N) is 1. The predicted octanol–water partition coefficient (Wildman–Crippen LogP) is 3.23. The summed E-state index contributed by atoms with van der Waals surface area (Å²) < 4.78 is 7.33. The maximum atomic E-state index is 5.80. The summed E-state index contributed by atoms with van der Waals surface area (Å²) >= 11 is 0. The molecular weight excluding hydrogens is 226 g/mol. The molecule has 0 aliphatic heterocycles. The summed E-state index contributed by atoms with van der Waals surface area (Å²) in [4.78, 5) is 0. The summed E-state index contributed by atoms with van der Waals surface area (Å²) in [7, 11) is 1.82.